The summed E-state index contributed by atoms with van der Waals surface area (Å²) >= 11 is 5.77. The molecule has 20 heavy (non-hydrogen) atoms. The molecule has 0 bridgehead atoms. The second kappa shape index (κ2) is 7.65. The fraction of sp³-hybridized carbons (Fsp3) is 0.286. The first kappa shape index (κ1) is 16.2. The zero-order valence-electron chi connectivity index (χ0n) is 11.1. The molecule has 0 fully saturated rings. The minimum Gasteiger partial charge on any atom is -0.465 e. The number of hydrogen-bond acceptors (Lipinski definition) is 3. The summed E-state index contributed by atoms with van der Waals surface area (Å²) in [6, 6.07) is 3.93. The summed E-state index contributed by atoms with van der Waals surface area (Å²) in [5, 5.41) is -0.268. The van der Waals surface area contributed by atoms with Crippen LogP contribution in [-0.4, -0.2) is 36.5 Å². The van der Waals surface area contributed by atoms with Gasteiger partial charge in [0.15, 0.2) is 0 Å². The van der Waals surface area contributed by atoms with E-state index in [9.17, 15) is 14.0 Å². The third-order valence-corrected chi connectivity index (χ3v) is 2.83. The van der Waals surface area contributed by atoms with Gasteiger partial charge in [-0.25, -0.2) is 4.39 Å². The van der Waals surface area contributed by atoms with Crippen LogP contribution in [0.4, 0.5) is 4.39 Å². The van der Waals surface area contributed by atoms with Gasteiger partial charge in [-0.15, -0.1) is 6.58 Å². The van der Waals surface area contributed by atoms with Gasteiger partial charge in [0.25, 0.3) is 5.91 Å². The number of nitrogens with zero attached hydrogens (tertiary/aromatic N) is 1. The van der Waals surface area contributed by atoms with E-state index in [4.69, 9.17) is 16.3 Å². The Morgan fingerprint density at radius 1 is 1.50 bits per heavy atom. The maximum absolute atomic E-state index is 13.4. The Bertz CT molecular complexity index is 519. The lowest BCUT2D eigenvalue weighted by molar-refractivity contribution is -0.143. The van der Waals surface area contributed by atoms with E-state index in [0.717, 1.165) is 6.07 Å². The van der Waals surface area contributed by atoms with Crippen LogP contribution in [-0.2, 0) is 9.53 Å². The molecule has 0 unspecified atom stereocenters. The molecule has 0 aliphatic rings. The number of esters is 1. The molecule has 0 saturated carbocycles. The van der Waals surface area contributed by atoms with Crippen molar-refractivity contribution in [3.05, 3.63) is 47.3 Å². The predicted octanol–water partition coefficient (Wildman–Crippen LogP) is 2.67. The maximum Gasteiger partial charge on any atom is 0.325 e. The number of hydrogen-bond donors (Lipinski definition) is 0. The van der Waals surface area contributed by atoms with Gasteiger partial charge in [-0.05, 0) is 19.1 Å². The monoisotopic (exact) mass is 299 g/mol. The highest BCUT2D eigenvalue weighted by atomic mass is 35.5. The summed E-state index contributed by atoms with van der Waals surface area (Å²) in [4.78, 5) is 24.9. The normalized spacial score (nSPS) is 9.95. The van der Waals surface area contributed by atoms with Gasteiger partial charge in [-0.2, -0.15) is 0 Å². The van der Waals surface area contributed by atoms with Crippen LogP contribution in [0.5, 0.6) is 0 Å². The molecule has 0 aromatic heterocycles. The Morgan fingerprint density at radius 3 is 2.80 bits per heavy atom. The van der Waals surface area contributed by atoms with Gasteiger partial charge in [0.2, 0.25) is 0 Å². The predicted molar refractivity (Wildman–Crippen MR) is 74.1 cm³/mol. The molecule has 0 saturated heterocycles. The second-order valence-electron chi connectivity index (χ2n) is 3.88. The molecule has 0 aliphatic carbocycles. The van der Waals surface area contributed by atoms with E-state index in [-0.39, 0.29) is 30.3 Å². The Balaban J connectivity index is 2.96. The van der Waals surface area contributed by atoms with Gasteiger partial charge >= 0.3 is 5.97 Å². The van der Waals surface area contributed by atoms with E-state index >= 15 is 0 Å². The highest BCUT2D eigenvalue weighted by Gasteiger charge is 2.21. The lowest BCUT2D eigenvalue weighted by Gasteiger charge is -2.20. The zero-order chi connectivity index (χ0) is 15.1. The first-order valence-corrected chi connectivity index (χ1v) is 6.38. The third-order valence-electron chi connectivity index (χ3n) is 2.44. The van der Waals surface area contributed by atoms with Crippen molar-refractivity contribution < 1.29 is 18.7 Å². The number of carbonyl (C=O) groups excluding carboxylic acids is 2. The van der Waals surface area contributed by atoms with E-state index < -0.39 is 17.7 Å². The van der Waals surface area contributed by atoms with Crippen LogP contribution in [0.3, 0.4) is 0 Å². The Labute approximate surface area is 121 Å². The topological polar surface area (TPSA) is 46.6 Å². The van der Waals surface area contributed by atoms with Gasteiger partial charge < -0.3 is 9.64 Å². The number of ether oxygens (including phenoxy) is 1. The first-order chi connectivity index (χ1) is 9.51. The number of carbonyl (C=O) groups is 2. The van der Waals surface area contributed by atoms with Crippen LogP contribution in [0.1, 0.15) is 17.3 Å². The minimum atomic E-state index is -0.688. The molecule has 1 aromatic rings. The molecule has 0 aliphatic heterocycles. The van der Waals surface area contributed by atoms with Crippen molar-refractivity contribution in [2.45, 2.75) is 6.92 Å². The summed E-state index contributed by atoms with van der Waals surface area (Å²) in [6.07, 6.45) is 1.46. The smallest absolute Gasteiger partial charge is 0.325 e. The van der Waals surface area contributed by atoms with Crippen molar-refractivity contribution in [1.82, 2.24) is 4.90 Å². The maximum atomic E-state index is 13.4. The van der Waals surface area contributed by atoms with Gasteiger partial charge in [0, 0.05) is 6.54 Å². The number of amides is 1. The number of rotatable bonds is 6. The van der Waals surface area contributed by atoms with Crippen LogP contribution >= 0.6 is 11.6 Å². The molecule has 108 valence electrons. The molecular formula is C14H15ClFNO3. The molecular weight excluding hydrogens is 285 g/mol. The van der Waals surface area contributed by atoms with E-state index in [2.05, 4.69) is 6.58 Å². The average Bonchev–Trinajstić information content (AvgIpc) is 2.41. The van der Waals surface area contributed by atoms with E-state index in [1.54, 1.807) is 6.92 Å². The summed E-state index contributed by atoms with van der Waals surface area (Å²) in [6.45, 7) is 5.29. The molecule has 1 rings (SSSR count). The fourth-order valence-corrected chi connectivity index (χ4v) is 1.78. The molecule has 4 nitrogen and oxygen atoms in total. The highest BCUT2D eigenvalue weighted by Crippen LogP contribution is 2.21. The van der Waals surface area contributed by atoms with Gasteiger partial charge in [0.05, 0.1) is 17.2 Å². The van der Waals surface area contributed by atoms with Crippen LogP contribution in [0.25, 0.3) is 0 Å². The standard InChI is InChI=1S/C14H15ClFNO3/c1-3-8-17(9-12(18)20-4-2)14(19)10-6-5-7-11(16)13(10)15/h3,5-7H,1,4,8-9H2,2H3. The molecule has 0 atom stereocenters. The van der Waals surface area contributed by atoms with Crippen molar-refractivity contribution in [2.75, 3.05) is 19.7 Å². The van der Waals surface area contributed by atoms with E-state index in [0.29, 0.717) is 0 Å². The number of benzene rings is 1. The van der Waals surface area contributed by atoms with Gasteiger partial charge in [0.1, 0.15) is 12.4 Å². The van der Waals surface area contributed by atoms with Gasteiger partial charge in [-0.3, -0.25) is 9.59 Å². The summed E-state index contributed by atoms with van der Waals surface area (Å²) in [7, 11) is 0. The summed E-state index contributed by atoms with van der Waals surface area (Å²) in [5.74, 6) is -1.79. The first-order valence-electron chi connectivity index (χ1n) is 6.01. The largest absolute Gasteiger partial charge is 0.465 e. The van der Waals surface area contributed by atoms with Gasteiger partial charge in [-0.1, -0.05) is 23.7 Å². The molecule has 0 heterocycles. The summed E-state index contributed by atoms with van der Waals surface area (Å²) < 4.78 is 18.1. The summed E-state index contributed by atoms with van der Waals surface area (Å²) in [5.41, 5.74) is -0.00202. The molecule has 0 spiro atoms. The molecule has 0 radical (unpaired) electrons. The molecule has 6 heteroatoms. The Hall–Kier alpha value is -1.88. The quantitative estimate of drug-likeness (QED) is 0.599. The number of halogens is 2. The molecule has 1 aromatic carbocycles. The van der Waals surface area contributed by atoms with Crippen molar-refractivity contribution in [2.24, 2.45) is 0 Å². The lowest BCUT2D eigenvalue weighted by Crippen LogP contribution is -2.36. The SMILES string of the molecule is C=CCN(CC(=O)OCC)C(=O)c1cccc(F)c1Cl. The molecule has 0 N–H and O–H groups in total. The Kier molecular flexibility index (Phi) is 6.18. The van der Waals surface area contributed by atoms with Crippen molar-refractivity contribution in [3.63, 3.8) is 0 Å². The van der Waals surface area contributed by atoms with Crippen LogP contribution in [0, 0.1) is 5.82 Å². The second-order valence-corrected chi connectivity index (χ2v) is 4.26. The van der Waals surface area contributed by atoms with Crippen LogP contribution in [0.15, 0.2) is 30.9 Å². The minimum absolute atomic E-state index is 0.00202. The lowest BCUT2D eigenvalue weighted by atomic mass is 10.2. The van der Waals surface area contributed by atoms with Crippen molar-refractivity contribution in [1.29, 1.82) is 0 Å². The fourth-order valence-electron chi connectivity index (χ4n) is 1.58. The Morgan fingerprint density at radius 2 is 2.20 bits per heavy atom. The van der Waals surface area contributed by atoms with E-state index in [1.165, 1.54) is 23.1 Å². The average molecular weight is 300 g/mol. The van der Waals surface area contributed by atoms with Crippen molar-refractivity contribution >= 4 is 23.5 Å². The van der Waals surface area contributed by atoms with Crippen LogP contribution < -0.4 is 0 Å². The molecule has 1 amide bonds. The van der Waals surface area contributed by atoms with Crippen molar-refractivity contribution in [3.8, 4) is 0 Å². The van der Waals surface area contributed by atoms with E-state index in [1.807, 2.05) is 0 Å². The zero-order valence-corrected chi connectivity index (χ0v) is 11.8. The highest BCUT2D eigenvalue weighted by molar-refractivity contribution is 6.34. The third kappa shape index (κ3) is 4.06. The van der Waals surface area contributed by atoms with Crippen LogP contribution in [0.2, 0.25) is 5.02 Å².